The Hall–Kier alpha value is -3.91. The van der Waals surface area contributed by atoms with Crippen LogP contribution in [0.15, 0.2) is 85.2 Å². The van der Waals surface area contributed by atoms with E-state index in [1.54, 1.807) is 12.3 Å². The molecule has 8 heteroatoms. The second kappa shape index (κ2) is 11.5. The van der Waals surface area contributed by atoms with Crippen LogP contribution in [0.5, 0.6) is 0 Å². The molecule has 1 saturated heterocycles. The van der Waals surface area contributed by atoms with E-state index in [2.05, 4.69) is 34.2 Å². The molecule has 2 aromatic heterocycles. The molecule has 1 unspecified atom stereocenters. The maximum atomic E-state index is 13.6. The number of hydrogen-bond donors (Lipinski definition) is 0. The first kappa shape index (κ1) is 26.7. The summed E-state index contributed by atoms with van der Waals surface area (Å²) in [4.78, 5) is 22.1. The fourth-order valence-electron chi connectivity index (χ4n) is 5.14. The van der Waals surface area contributed by atoms with Crippen LogP contribution in [0.4, 0.5) is 13.2 Å². The predicted molar refractivity (Wildman–Crippen MR) is 146 cm³/mol. The van der Waals surface area contributed by atoms with Gasteiger partial charge in [-0.2, -0.15) is 13.2 Å². The summed E-state index contributed by atoms with van der Waals surface area (Å²) in [6.07, 6.45) is 3.34. The summed E-state index contributed by atoms with van der Waals surface area (Å²) in [6, 6.07) is 19.2. The number of hydrogen-bond acceptors (Lipinski definition) is 3. The molecular formula is C31H31F3N4O. The van der Waals surface area contributed by atoms with Gasteiger partial charge < -0.3 is 9.30 Å². The molecule has 5 nitrogen and oxygen atoms in total. The Kier molecular flexibility index (Phi) is 7.84. The molecule has 0 saturated carbocycles. The van der Waals surface area contributed by atoms with E-state index in [1.807, 2.05) is 52.8 Å². The number of benzene rings is 2. The minimum absolute atomic E-state index is 0.0664. The summed E-state index contributed by atoms with van der Waals surface area (Å²) in [6.45, 7) is 5.39. The molecule has 0 aliphatic carbocycles. The molecule has 0 N–H and O–H groups in total. The summed E-state index contributed by atoms with van der Waals surface area (Å²) >= 11 is 0. The molecule has 1 aliphatic heterocycles. The number of rotatable bonds is 7. The Labute approximate surface area is 226 Å². The van der Waals surface area contributed by atoms with Crippen molar-refractivity contribution in [2.24, 2.45) is 0 Å². The van der Waals surface area contributed by atoms with Crippen molar-refractivity contribution in [2.75, 3.05) is 32.7 Å². The first-order valence-corrected chi connectivity index (χ1v) is 13.1. The summed E-state index contributed by atoms with van der Waals surface area (Å²) in [5.41, 5.74) is 3.26. The van der Waals surface area contributed by atoms with E-state index >= 15 is 0 Å². The van der Waals surface area contributed by atoms with E-state index in [4.69, 9.17) is 0 Å². The van der Waals surface area contributed by atoms with Gasteiger partial charge in [0.25, 0.3) is 0 Å². The first-order valence-electron chi connectivity index (χ1n) is 13.1. The fraction of sp³-hybridized carbons (Fsp3) is 0.290. The lowest BCUT2D eigenvalue weighted by Crippen LogP contribution is -2.48. The molecule has 5 rings (SSSR count). The SMILES string of the molecule is Cc1cccn2c(C(CC(=O)N3CCN(C/C=C/c4ccccc4)CC3)c3cccc(C(F)(F)F)c3)cnc12. The largest absolute Gasteiger partial charge is 0.416 e. The average Bonchev–Trinajstić information content (AvgIpc) is 3.37. The highest BCUT2D eigenvalue weighted by molar-refractivity contribution is 5.78. The Morgan fingerprint density at radius 2 is 1.77 bits per heavy atom. The lowest BCUT2D eigenvalue weighted by Gasteiger charge is -2.35. The van der Waals surface area contributed by atoms with E-state index in [-0.39, 0.29) is 12.3 Å². The third-order valence-corrected chi connectivity index (χ3v) is 7.31. The number of pyridine rings is 1. The molecule has 0 bridgehead atoms. The van der Waals surface area contributed by atoms with Crippen LogP contribution >= 0.6 is 0 Å². The zero-order chi connectivity index (χ0) is 27.4. The first-order chi connectivity index (χ1) is 18.8. The van der Waals surface area contributed by atoms with Crippen molar-refractivity contribution in [3.05, 3.63) is 113 Å². The van der Waals surface area contributed by atoms with E-state index in [1.165, 1.54) is 6.07 Å². The minimum Gasteiger partial charge on any atom is -0.340 e. The summed E-state index contributed by atoms with van der Waals surface area (Å²) in [5, 5.41) is 0. The maximum absolute atomic E-state index is 13.6. The van der Waals surface area contributed by atoms with Gasteiger partial charge in [-0.25, -0.2) is 4.98 Å². The van der Waals surface area contributed by atoms with E-state index in [0.717, 1.165) is 48.5 Å². The van der Waals surface area contributed by atoms with Crippen LogP contribution in [0.25, 0.3) is 11.7 Å². The highest BCUT2D eigenvalue weighted by atomic mass is 19.4. The van der Waals surface area contributed by atoms with Crippen molar-refractivity contribution in [3.8, 4) is 0 Å². The second-order valence-electron chi connectivity index (χ2n) is 9.94. The van der Waals surface area contributed by atoms with Gasteiger partial charge in [-0.15, -0.1) is 0 Å². The number of halogens is 3. The smallest absolute Gasteiger partial charge is 0.340 e. The van der Waals surface area contributed by atoms with Crippen molar-refractivity contribution in [1.82, 2.24) is 19.2 Å². The molecule has 39 heavy (non-hydrogen) atoms. The molecule has 4 aromatic rings. The van der Waals surface area contributed by atoms with Crippen molar-refractivity contribution in [3.63, 3.8) is 0 Å². The number of amides is 1. The second-order valence-corrected chi connectivity index (χ2v) is 9.94. The van der Waals surface area contributed by atoms with Gasteiger partial charge in [0.1, 0.15) is 5.65 Å². The number of fused-ring (bicyclic) bond motifs is 1. The molecule has 1 fully saturated rings. The number of imidazole rings is 1. The number of piperazine rings is 1. The Morgan fingerprint density at radius 1 is 1.00 bits per heavy atom. The van der Waals surface area contributed by atoms with Crippen molar-refractivity contribution in [1.29, 1.82) is 0 Å². The third kappa shape index (κ3) is 6.23. The zero-order valence-corrected chi connectivity index (χ0v) is 21.8. The number of aromatic nitrogens is 2. The van der Waals surface area contributed by atoms with Crippen LogP contribution in [0.1, 0.15) is 40.3 Å². The van der Waals surface area contributed by atoms with E-state index in [9.17, 15) is 18.0 Å². The van der Waals surface area contributed by atoms with Gasteiger partial charge in [0, 0.05) is 57.5 Å². The van der Waals surface area contributed by atoms with Crippen LogP contribution in [0, 0.1) is 6.92 Å². The van der Waals surface area contributed by atoms with Gasteiger partial charge in [-0.1, -0.05) is 66.7 Å². The number of aryl methyl sites for hydroxylation is 1. The molecule has 3 heterocycles. The maximum Gasteiger partial charge on any atom is 0.416 e. The van der Waals surface area contributed by atoms with Crippen molar-refractivity contribution >= 4 is 17.6 Å². The highest BCUT2D eigenvalue weighted by Gasteiger charge is 2.32. The monoisotopic (exact) mass is 532 g/mol. The normalized spacial score (nSPS) is 15.7. The number of nitrogens with zero attached hydrogens (tertiary/aromatic N) is 4. The van der Waals surface area contributed by atoms with Gasteiger partial charge >= 0.3 is 6.18 Å². The summed E-state index contributed by atoms with van der Waals surface area (Å²) < 4.78 is 42.5. The lowest BCUT2D eigenvalue weighted by molar-refractivity contribution is -0.137. The molecule has 1 aliphatic rings. The van der Waals surface area contributed by atoms with Gasteiger partial charge in [-0.05, 0) is 35.7 Å². The number of carbonyl (C=O) groups excluding carboxylic acids is 1. The predicted octanol–water partition coefficient (Wildman–Crippen LogP) is 6.04. The quantitative estimate of drug-likeness (QED) is 0.291. The van der Waals surface area contributed by atoms with Crippen molar-refractivity contribution < 1.29 is 18.0 Å². The van der Waals surface area contributed by atoms with E-state index in [0.29, 0.717) is 24.3 Å². The van der Waals surface area contributed by atoms with Crippen LogP contribution in [-0.4, -0.2) is 57.8 Å². The molecule has 1 atom stereocenters. The van der Waals surface area contributed by atoms with Gasteiger partial charge in [0.05, 0.1) is 11.3 Å². The summed E-state index contributed by atoms with van der Waals surface area (Å²) in [7, 11) is 0. The molecule has 2 aromatic carbocycles. The van der Waals surface area contributed by atoms with Crippen molar-refractivity contribution in [2.45, 2.75) is 25.4 Å². The molecular weight excluding hydrogens is 501 g/mol. The average molecular weight is 533 g/mol. The molecule has 0 spiro atoms. The lowest BCUT2D eigenvalue weighted by atomic mass is 9.90. The standard InChI is InChI=1S/C31H31F3N4O/c1-23-8-6-15-38-28(22-35-30(23)38)27(25-12-5-13-26(20-25)31(32,33)34)21-29(39)37-18-16-36(17-19-37)14-7-11-24-9-3-2-4-10-24/h2-13,15,20,22,27H,14,16-19,21H2,1H3/b11-7+. The van der Waals surface area contributed by atoms with Crippen LogP contribution < -0.4 is 0 Å². The minimum atomic E-state index is -4.47. The Morgan fingerprint density at radius 3 is 2.51 bits per heavy atom. The Balaban J connectivity index is 1.32. The van der Waals surface area contributed by atoms with Crippen LogP contribution in [0.3, 0.4) is 0 Å². The van der Waals surface area contributed by atoms with Gasteiger partial charge in [0.2, 0.25) is 5.91 Å². The third-order valence-electron chi connectivity index (χ3n) is 7.31. The van der Waals surface area contributed by atoms with Crippen LogP contribution in [0.2, 0.25) is 0 Å². The molecule has 1 amide bonds. The highest BCUT2D eigenvalue weighted by Crippen LogP contribution is 2.35. The van der Waals surface area contributed by atoms with E-state index < -0.39 is 17.7 Å². The number of carbonyl (C=O) groups is 1. The number of alkyl halides is 3. The fourth-order valence-corrected chi connectivity index (χ4v) is 5.14. The van der Waals surface area contributed by atoms with Gasteiger partial charge in [0.15, 0.2) is 0 Å². The summed E-state index contributed by atoms with van der Waals surface area (Å²) in [5.74, 6) is -0.636. The van der Waals surface area contributed by atoms with Gasteiger partial charge in [-0.3, -0.25) is 9.69 Å². The van der Waals surface area contributed by atoms with Crippen LogP contribution in [-0.2, 0) is 11.0 Å². The molecule has 202 valence electrons. The Bertz CT molecular complexity index is 1450. The molecule has 0 radical (unpaired) electrons. The topological polar surface area (TPSA) is 40.9 Å². The zero-order valence-electron chi connectivity index (χ0n) is 21.8.